The number of fused-ring (bicyclic) bond motifs is 1. The van der Waals surface area contributed by atoms with Crippen LogP contribution in [-0.2, 0) is 0 Å². The minimum absolute atomic E-state index is 0.210. The van der Waals surface area contributed by atoms with Gasteiger partial charge in [-0.1, -0.05) is 22.0 Å². The van der Waals surface area contributed by atoms with Crippen LogP contribution in [0.4, 0.5) is 0 Å². The average molecular weight is 339 g/mol. The number of rotatable bonds is 2. The number of halogens is 1. The Morgan fingerprint density at radius 1 is 1.11 bits per heavy atom. The molecule has 0 fully saturated rings. The topological polar surface area (TPSA) is 18.5 Å². The van der Waals surface area contributed by atoms with Crippen LogP contribution in [0.15, 0.2) is 24.3 Å². The lowest BCUT2D eigenvalue weighted by Crippen LogP contribution is -2.15. The van der Waals surface area contributed by atoms with Crippen molar-refractivity contribution in [2.75, 3.05) is 13.2 Å². The number of aryl methyl sites for hydroxylation is 2. The van der Waals surface area contributed by atoms with E-state index in [-0.39, 0.29) is 4.83 Å². The Kier molecular flexibility index (Phi) is 3.54. The lowest BCUT2D eigenvalue weighted by molar-refractivity contribution is 0.171. The molecule has 0 bridgehead atoms. The van der Waals surface area contributed by atoms with Gasteiger partial charge in [0.15, 0.2) is 11.5 Å². The van der Waals surface area contributed by atoms with E-state index < -0.39 is 0 Å². The molecule has 2 aromatic rings. The Morgan fingerprint density at radius 2 is 1.84 bits per heavy atom. The van der Waals surface area contributed by atoms with Gasteiger partial charge in [0.05, 0.1) is 4.83 Å². The van der Waals surface area contributed by atoms with Crippen molar-refractivity contribution in [3.63, 3.8) is 0 Å². The zero-order valence-corrected chi connectivity index (χ0v) is 13.3. The van der Waals surface area contributed by atoms with E-state index in [0.717, 1.165) is 11.5 Å². The van der Waals surface area contributed by atoms with E-state index in [2.05, 4.69) is 48.0 Å². The standard InChI is InChI=1S/C15H15BrO2S/c1-9-7-10(2)19-15(9)14(16)11-3-4-12-13(8-11)18-6-5-17-12/h3-4,7-8,14H,5-6H2,1-2H3. The van der Waals surface area contributed by atoms with Gasteiger partial charge in [-0.05, 0) is 43.2 Å². The van der Waals surface area contributed by atoms with Crippen molar-refractivity contribution in [2.24, 2.45) is 0 Å². The van der Waals surface area contributed by atoms with Crippen molar-refractivity contribution < 1.29 is 9.47 Å². The molecule has 100 valence electrons. The number of benzene rings is 1. The zero-order chi connectivity index (χ0) is 13.4. The first-order valence-corrected chi connectivity index (χ1v) is 7.99. The molecule has 1 unspecified atom stereocenters. The Bertz CT molecular complexity index is 606. The second-order valence-electron chi connectivity index (χ2n) is 4.67. The zero-order valence-electron chi connectivity index (χ0n) is 10.9. The molecule has 0 N–H and O–H groups in total. The molecule has 0 spiro atoms. The number of hydrogen-bond acceptors (Lipinski definition) is 3. The normalized spacial score (nSPS) is 15.3. The molecule has 1 aliphatic rings. The van der Waals surface area contributed by atoms with Gasteiger partial charge in [-0.15, -0.1) is 11.3 Å². The Hall–Kier alpha value is -1.00. The molecule has 1 aromatic carbocycles. The van der Waals surface area contributed by atoms with Crippen LogP contribution in [0.2, 0.25) is 0 Å². The highest BCUT2D eigenvalue weighted by molar-refractivity contribution is 9.09. The number of hydrogen-bond donors (Lipinski definition) is 0. The lowest BCUT2D eigenvalue weighted by atomic mass is 10.1. The first-order chi connectivity index (χ1) is 9.15. The molecule has 1 aromatic heterocycles. The second-order valence-corrected chi connectivity index (χ2v) is 6.87. The molecule has 2 heterocycles. The SMILES string of the molecule is Cc1cc(C)c(C(Br)c2ccc3c(c2)OCCO3)s1. The maximum Gasteiger partial charge on any atom is 0.161 e. The van der Waals surface area contributed by atoms with Crippen molar-refractivity contribution in [3.05, 3.63) is 45.1 Å². The van der Waals surface area contributed by atoms with Crippen molar-refractivity contribution in [1.82, 2.24) is 0 Å². The van der Waals surface area contributed by atoms with Crippen molar-refractivity contribution in [3.8, 4) is 11.5 Å². The molecule has 3 rings (SSSR count). The fourth-order valence-corrected chi connectivity index (χ4v) is 4.25. The average Bonchev–Trinajstić information content (AvgIpc) is 2.76. The van der Waals surface area contributed by atoms with Crippen molar-refractivity contribution >= 4 is 27.3 Å². The van der Waals surface area contributed by atoms with Crippen LogP contribution in [0.3, 0.4) is 0 Å². The summed E-state index contributed by atoms with van der Waals surface area (Å²) in [5.41, 5.74) is 2.54. The highest BCUT2D eigenvalue weighted by Gasteiger charge is 2.19. The Balaban J connectivity index is 1.95. The van der Waals surface area contributed by atoms with Crippen molar-refractivity contribution in [2.45, 2.75) is 18.7 Å². The maximum atomic E-state index is 5.64. The summed E-state index contributed by atoms with van der Waals surface area (Å²) in [6, 6.07) is 8.39. The van der Waals surface area contributed by atoms with Crippen LogP contribution >= 0.6 is 27.3 Å². The summed E-state index contributed by atoms with van der Waals surface area (Å²) in [4.78, 5) is 2.91. The smallest absolute Gasteiger partial charge is 0.161 e. The van der Waals surface area contributed by atoms with E-state index in [1.54, 1.807) is 0 Å². The van der Waals surface area contributed by atoms with Crippen LogP contribution in [0.5, 0.6) is 11.5 Å². The van der Waals surface area contributed by atoms with E-state index >= 15 is 0 Å². The van der Waals surface area contributed by atoms with E-state index in [1.807, 2.05) is 17.4 Å². The fraction of sp³-hybridized carbons (Fsp3) is 0.333. The molecule has 0 amide bonds. The summed E-state index contributed by atoms with van der Waals surface area (Å²) in [6.45, 7) is 5.56. The highest BCUT2D eigenvalue weighted by Crippen LogP contribution is 2.41. The third-order valence-electron chi connectivity index (χ3n) is 3.17. The molecule has 19 heavy (non-hydrogen) atoms. The van der Waals surface area contributed by atoms with Crippen LogP contribution < -0.4 is 9.47 Å². The lowest BCUT2D eigenvalue weighted by Gasteiger charge is -2.20. The summed E-state index contributed by atoms with van der Waals surface area (Å²) in [5, 5.41) is 0. The van der Waals surface area contributed by atoms with Crippen LogP contribution in [0, 0.1) is 13.8 Å². The van der Waals surface area contributed by atoms with E-state index in [9.17, 15) is 0 Å². The molecule has 4 heteroatoms. The van der Waals surface area contributed by atoms with E-state index in [1.165, 1.54) is 20.9 Å². The van der Waals surface area contributed by atoms with Crippen molar-refractivity contribution in [1.29, 1.82) is 0 Å². The maximum absolute atomic E-state index is 5.64. The van der Waals surface area contributed by atoms with E-state index in [4.69, 9.17) is 9.47 Å². The predicted molar refractivity (Wildman–Crippen MR) is 82.0 cm³/mol. The molecule has 0 radical (unpaired) electrons. The minimum atomic E-state index is 0.210. The highest BCUT2D eigenvalue weighted by atomic mass is 79.9. The molecule has 1 aliphatic heterocycles. The molecule has 1 atom stereocenters. The Labute approximate surface area is 125 Å². The fourth-order valence-electron chi connectivity index (χ4n) is 2.28. The Morgan fingerprint density at radius 3 is 2.53 bits per heavy atom. The third kappa shape index (κ3) is 2.51. The molecule has 0 aliphatic carbocycles. The molecular weight excluding hydrogens is 324 g/mol. The monoisotopic (exact) mass is 338 g/mol. The third-order valence-corrected chi connectivity index (χ3v) is 5.68. The van der Waals surface area contributed by atoms with Gasteiger partial charge in [-0.3, -0.25) is 0 Å². The van der Waals surface area contributed by atoms with Crippen LogP contribution in [-0.4, -0.2) is 13.2 Å². The van der Waals surface area contributed by atoms with Gasteiger partial charge >= 0.3 is 0 Å². The predicted octanol–water partition coefficient (Wildman–Crippen LogP) is 4.62. The summed E-state index contributed by atoms with van der Waals surface area (Å²) >= 11 is 5.64. The minimum Gasteiger partial charge on any atom is -0.486 e. The van der Waals surface area contributed by atoms with Gasteiger partial charge in [0.25, 0.3) is 0 Å². The van der Waals surface area contributed by atoms with Crippen LogP contribution in [0.25, 0.3) is 0 Å². The first-order valence-electron chi connectivity index (χ1n) is 6.25. The van der Waals surface area contributed by atoms with Gasteiger partial charge in [0.1, 0.15) is 13.2 Å². The largest absolute Gasteiger partial charge is 0.486 e. The number of thiophene rings is 1. The quantitative estimate of drug-likeness (QED) is 0.744. The van der Waals surface area contributed by atoms with E-state index in [0.29, 0.717) is 13.2 Å². The summed E-state index contributed by atoms with van der Waals surface area (Å²) in [5.74, 6) is 1.69. The molecule has 0 saturated carbocycles. The van der Waals surface area contributed by atoms with Crippen LogP contribution in [0.1, 0.15) is 25.7 Å². The molecular formula is C15H15BrO2S. The summed E-state index contributed by atoms with van der Waals surface area (Å²) in [6.07, 6.45) is 0. The summed E-state index contributed by atoms with van der Waals surface area (Å²) < 4.78 is 11.2. The molecule has 2 nitrogen and oxygen atoms in total. The number of ether oxygens (including phenoxy) is 2. The van der Waals surface area contributed by atoms with Gasteiger partial charge < -0.3 is 9.47 Å². The van der Waals surface area contributed by atoms with Gasteiger partial charge in [0.2, 0.25) is 0 Å². The summed E-state index contributed by atoms with van der Waals surface area (Å²) in [7, 11) is 0. The van der Waals surface area contributed by atoms with Gasteiger partial charge in [-0.2, -0.15) is 0 Å². The second kappa shape index (κ2) is 5.17. The van der Waals surface area contributed by atoms with Gasteiger partial charge in [-0.25, -0.2) is 0 Å². The van der Waals surface area contributed by atoms with Gasteiger partial charge in [0, 0.05) is 9.75 Å². The first kappa shape index (κ1) is 13.0. The number of alkyl halides is 1. The molecule has 0 saturated heterocycles.